The first kappa shape index (κ1) is 20.5. The van der Waals surface area contributed by atoms with Gasteiger partial charge in [0.05, 0.1) is 0 Å². The van der Waals surface area contributed by atoms with Crippen molar-refractivity contribution < 1.29 is 9.53 Å². The van der Waals surface area contributed by atoms with Crippen LogP contribution in [0.15, 0.2) is 54.6 Å². The van der Waals surface area contributed by atoms with Crippen molar-refractivity contribution in [2.45, 2.75) is 45.9 Å². The van der Waals surface area contributed by atoms with E-state index >= 15 is 0 Å². The van der Waals surface area contributed by atoms with Crippen LogP contribution in [0.25, 0.3) is 0 Å². The molecule has 26 heavy (non-hydrogen) atoms. The average molecular weight is 372 g/mol. The molecule has 0 aliphatic heterocycles. The van der Waals surface area contributed by atoms with E-state index in [2.05, 4.69) is 49.3 Å². The zero-order valence-electron chi connectivity index (χ0n) is 16.1. The van der Waals surface area contributed by atoms with Crippen molar-refractivity contribution in [1.29, 1.82) is 0 Å². The quantitative estimate of drug-likeness (QED) is 0.447. The smallest absolute Gasteiger partial charge is 0.306 e. The Labute approximate surface area is 161 Å². The van der Waals surface area contributed by atoms with Gasteiger partial charge in [-0.05, 0) is 36.8 Å². The van der Waals surface area contributed by atoms with Gasteiger partial charge in [-0.25, -0.2) is 0 Å². The van der Waals surface area contributed by atoms with Crippen LogP contribution in [0.4, 0.5) is 0 Å². The average Bonchev–Trinajstić information content (AvgIpc) is 2.67. The van der Waals surface area contributed by atoms with Gasteiger partial charge in [0.25, 0.3) is 0 Å². The maximum atomic E-state index is 12.0. The van der Waals surface area contributed by atoms with Crippen molar-refractivity contribution in [3.8, 4) is 0 Å². The highest BCUT2D eigenvalue weighted by atomic mass is 32.2. The van der Waals surface area contributed by atoms with Crippen LogP contribution in [0.3, 0.4) is 0 Å². The highest BCUT2D eigenvalue weighted by Gasteiger charge is 2.28. The second kappa shape index (κ2) is 10.4. The third-order valence-electron chi connectivity index (χ3n) is 4.62. The number of benzene rings is 2. The lowest BCUT2D eigenvalue weighted by Crippen LogP contribution is -2.38. The molecule has 0 saturated heterocycles. The molecule has 2 rings (SSSR count). The SMILES string of the molecule is CCC(=O)OC(c1ccccc1)[C@@H](C)N(CSC)Cc1ccccc1C. The van der Waals surface area contributed by atoms with Crippen LogP contribution in [-0.4, -0.2) is 29.0 Å². The summed E-state index contributed by atoms with van der Waals surface area (Å²) in [5.74, 6) is 0.716. The van der Waals surface area contributed by atoms with Crippen molar-refractivity contribution in [1.82, 2.24) is 4.90 Å². The van der Waals surface area contributed by atoms with Crippen LogP contribution in [0.5, 0.6) is 0 Å². The Hall–Kier alpha value is -1.78. The molecule has 4 heteroatoms. The Balaban J connectivity index is 2.28. The first-order valence-corrected chi connectivity index (χ1v) is 10.5. The first-order valence-electron chi connectivity index (χ1n) is 9.08. The van der Waals surface area contributed by atoms with Gasteiger partial charge in [-0.15, -0.1) is 11.8 Å². The molecule has 0 aliphatic rings. The number of esters is 1. The van der Waals surface area contributed by atoms with Crippen LogP contribution < -0.4 is 0 Å². The lowest BCUT2D eigenvalue weighted by Gasteiger charge is -2.34. The molecule has 1 unspecified atom stereocenters. The van der Waals surface area contributed by atoms with Gasteiger partial charge in [-0.3, -0.25) is 9.69 Å². The van der Waals surface area contributed by atoms with Crippen LogP contribution in [0.2, 0.25) is 0 Å². The second-order valence-corrected chi connectivity index (χ2v) is 7.34. The summed E-state index contributed by atoms with van der Waals surface area (Å²) in [5.41, 5.74) is 3.63. The van der Waals surface area contributed by atoms with E-state index in [1.807, 2.05) is 37.3 Å². The summed E-state index contributed by atoms with van der Waals surface area (Å²) < 4.78 is 5.85. The fourth-order valence-corrected chi connectivity index (χ4v) is 3.64. The predicted molar refractivity (Wildman–Crippen MR) is 110 cm³/mol. The first-order chi connectivity index (χ1) is 12.6. The zero-order valence-corrected chi connectivity index (χ0v) is 17.0. The topological polar surface area (TPSA) is 29.5 Å². The Morgan fingerprint density at radius 1 is 1.12 bits per heavy atom. The fraction of sp³-hybridized carbons (Fsp3) is 0.409. The van der Waals surface area contributed by atoms with Crippen LogP contribution in [0, 0.1) is 6.92 Å². The van der Waals surface area contributed by atoms with E-state index in [0.29, 0.717) is 6.42 Å². The third-order valence-corrected chi connectivity index (χ3v) is 5.21. The largest absolute Gasteiger partial charge is 0.456 e. The van der Waals surface area contributed by atoms with Crippen molar-refractivity contribution in [2.75, 3.05) is 12.1 Å². The Bertz CT molecular complexity index is 690. The van der Waals surface area contributed by atoms with E-state index in [1.165, 1.54) is 11.1 Å². The molecule has 0 N–H and O–H groups in total. The summed E-state index contributed by atoms with van der Waals surface area (Å²) >= 11 is 1.79. The van der Waals surface area contributed by atoms with Crippen LogP contribution >= 0.6 is 11.8 Å². The highest BCUT2D eigenvalue weighted by molar-refractivity contribution is 7.98. The molecule has 0 aliphatic carbocycles. The molecule has 0 radical (unpaired) electrons. The zero-order chi connectivity index (χ0) is 18.9. The van der Waals surface area contributed by atoms with Gasteiger partial charge in [0.1, 0.15) is 6.10 Å². The second-order valence-electron chi connectivity index (χ2n) is 6.51. The number of aryl methyl sites for hydroxylation is 1. The van der Waals surface area contributed by atoms with Gasteiger partial charge in [0.15, 0.2) is 0 Å². The summed E-state index contributed by atoms with van der Waals surface area (Å²) in [6.07, 6.45) is 2.21. The summed E-state index contributed by atoms with van der Waals surface area (Å²) in [6.45, 7) is 6.96. The van der Waals surface area contributed by atoms with Crippen molar-refractivity contribution >= 4 is 17.7 Å². The van der Waals surface area contributed by atoms with E-state index in [1.54, 1.807) is 11.8 Å². The number of thioether (sulfide) groups is 1. The molecular weight excluding hydrogens is 342 g/mol. The summed E-state index contributed by atoms with van der Waals surface area (Å²) in [4.78, 5) is 14.4. The number of ether oxygens (including phenoxy) is 1. The Morgan fingerprint density at radius 3 is 2.38 bits per heavy atom. The van der Waals surface area contributed by atoms with Gasteiger partial charge in [0, 0.05) is 24.9 Å². The van der Waals surface area contributed by atoms with Gasteiger partial charge in [-0.2, -0.15) is 0 Å². The lowest BCUT2D eigenvalue weighted by atomic mass is 10.0. The summed E-state index contributed by atoms with van der Waals surface area (Å²) in [7, 11) is 0. The molecule has 0 bridgehead atoms. The predicted octanol–water partition coefficient (Wildman–Crippen LogP) is 5.20. The molecule has 0 spiro atoms. The van der Waals surface area contributed by atoms with Gasteiger partial charge in [0.2, 0.25) is 0 Å². The van der Waals surface area contributed by atoms with E-state index in [-0.39, 0.29) is 18.1 Å². The van der Waals surface area contributed by atoms with E-state index in [0.717, 1.165) is 18.0 Å². The third kappa shape index (κ3) is 5.61. The van der Waals surface area contributed by atoms with E-state index < -0.39 is 0 Å². The minimum absolute atomic E-state index is 0.0694. The van der Waals surface area contributed by atoms with Crippen molar-refractivity contribution in [3.63, 3.8) is 0 Å². The number of hydrogen-bond acceptors (Lipinski definition) is 4. The highest BCUT2D eigenvalue weighted by Crippen LogP contribution is 2.28. The Kier molecular flexibility index (Phi) is 8.20. The van der Waals surface area contributed by atoms with Gasteiger partial charge < -0.3 is 4.74 Å². The molecule has 140 valence electrons. The normalized spacial score (nSPS) is 13.4. The van der Waals surface area contributed by atoms with Crippen molar-refractivity contribution in [3.05, 3.63) is 71.3 Å². The number of rotatable bonds is 9. The number of hydrogen-bond donors (Lipinski definition) is 0. The van der Waals surface area contributed by atoms with Gasteiger partial charge >= 0.3 is 5.97 Å². The van der Waals surface area contributed by atoms with Crippen molar-refractivity contribution in [2.24, 2.45) is 0 Å². The molecule has 0 amide bonds. The molecule has 0 saturated carbocycles. The van der Waals surface area contributed by atoms with E-state index in [9.17, 15) is 4.79 Å². The standard InChI is InChI=1S/C22H29NO2S/c1-5-21(24)25-22(19-12-7-6-8-13-19)18(3)23(16-26-4)15-20-14-10-9-11-17(20)2/h6-14,18,22H,5,15-16H2,1-4H3/t18-,22?/m1/s1. The Morgan fingerprint density at radius 2 is 1.77 bits per heavy atom. The number of carbonyl (C=O) groups excluding carboxylic acids is 1. The molecule has 0 fully saturated rings. The minimum Gasteiger partial charge on any atom is -0.456 e. The van der Waals surface area contributed by atoms with Crippen LogP contribution in [-0.2, 0) is 16.1 Å². The molecule has 2 aromatic carbocycles. The molecular formula is C22H29NO2S. The fourth-order valence-electron chi connectivity index (χ4n) is 2.98. The molecule has 2 aromatic rings. The summed E-state index contributed by atoms with van der Waals surface area (Å²) in [5, 5.41) is 0. The van der Waals surface area contributed by atoms with Crippen LogP contribution in [0.1, 0.15) is 43.1 Å². The van der Waals surface area contributed by atoms with E-state index in [4.69, 9.17) is 4.74 Å². The lowest BCUT2D eigenvalue weighted by molar-refractivity contribution is -0.152. The maximum Gasteiger partial charge on any atom is 0.306 e. The molecule has 0 aromatic heterocycles. The summed E-state index contributed by atoms with van der Waals surface area (Å²) in [6, 6.07) is 18.6. The minimum atomic E-state index is -0.278. The number of carbonyl (C=O) groups is 1. The molecule has 2 atom stereocenters. The molecule has 0 heterocycles. The number of nitrogens with zero attached hydrogens (tertiary/aromatic N) is 1. The monoisotopic (exact) mass is 371 g/mol. The van der Waals surface area contributed by atoms with Gasteiger partial charge in [-0.1, -0.05) is 61.5 Å². The molecule has 3 nitrogen and oxygen atoms in total. The maximum absolute atomic E-state index is 12.0.